The van der Waals surface area contributed by atoms with Crippen molar-refractivity contribution in [3.8, 4) is 0 Å². The summed E-state index contributed by atoms with van der Waals surface area (Å²) in [7, 11) is 0. The van der Waals surface area contributed by atoms with Gasteiger partial charge < -0.3 is 5.11 Å². The van der Waals surface area contributed by atoms with Crippen molar-refractivity contribution in [2.24, 2.45) is 4.99 Å². The molecular weight excluding hydrogens is 114 g/mol. The van der Waals surface area contributed by atoms with E-state index in [1.54, 1.807) is 18.4 Å². The Balaban J connectivity index is 2.53. The second kappa shape index (κ2) is 2.31. The van der Waals surface area contributed by atoms with Crippen LogP contribution < -0.4 is 0 Å². The van der Waals surface area contributed by atoms with Crippen LogP contribution in [0.2, 0.25) is 0 Å². The van der Waals surface area contributed by atoms with E-state index < -0.39 is 5.72 Å². The molecule has 1 unspecified atom stereocenters. The molecule has 1 atom stereocenters. The van der Waals surface area contributed by atoms with Gasteiger partial charge >= 0.3 is 0 Å². The van der Waals surface area contributed by atoms with Crippen molar-refractivity contribution >= 4 is 6.21 Å². The summed E-state index contributed by atoms with van der Waals surface area (Å²) in [5.41, 5.74) is -0.866. The van der Waals surface area contributed by atoms with Crippen LogP contribution in [-0.2, 0) is 0 Å². The van der Waals surface area contributed by atoms with Gasteiger partial charge in [0.15, 0.2) is 5.72 Å². The number of nitrogens with zero attached hydrogens (tertiary/aromatic N) is 1. The van der Waals surface area contributed by atoms with E-state index in [4.69, 9.17) is 0 Å². The first-order chi connectivity index (χ1) is 4.27. The summed E-state index contributed by atoms with van der Waals surface area (Å²) in [5, 5.41) is 9.41. The molecule has 0 aromatic rings. The average Bonchev–Trinajstić information content (AvgIpc) is 2.16. The molecule has 2 heteroatoms. The van der Waals surface area contributed by atoms with Crippen molar-refractivity contribution in [3.05, 3.63) is 12.2 Å². The van der Waals surface area contributed by atoms with E-state index in [2.05, 4.69) is 4.99 Å². The predicted molar refractivity (Wildman–Crippen MR) is 37.5 cm³/mol. The van der Waals surface area contributed by atoms with Gasteiger partial charge in [-0.05, 0) is 12.2 Å². The highest BCUT2D eigenvalue weighted by Gasteiger charge is 2.21. The molecule has 0 aliphatic carbocycles. The molecule has 0 aromatic carbocycles. The number of aliphatic hydroxyl groups is 1. The van der Waals surface area contributed by atoms with Crippen LogP contribution >= 0.6 is 0 Å². The highest BCUT2D eigenvalue weighted by molar-refractivity contribution is 5.74. The second-order valence-corrected chi connectivity index (χ2v) is 2.27. The van der Waals surface area contributed by atoms with Crippen molar-refractivity contribution in [1.29, 1.82) is 0 Å². The number of hydrogen-bond acceptors (Lipinski definition) is 2. The molecule has 0 spiro atoms. The number of aliphatic imine (C=N–C) groups is 1. The van der Waals surface area contributed by atoms with E-state index in [9.17, 15) is 5.11 Å². The molecule has 0 radical (unpaired) electrons. The minimum absolute atomic E-state index is 0.722. The first-order valence-corrected chi connectivity index (χ1v) is 3.22. The van der Waals surface area contributed by atoms with Crippen LogP contribution in [0.4, 0.5) is 0 Å². The maximum absolute atomic E-state index is 9.41. The lowest BCUT2D eigenvalue weighted by atomic mass is 10.1. The SMILES string of the molecule is CCCC1(O)C=CC=N1. The third kappa shape index (κ3) is 1.39. The molecule has 1 heterocycles. The number of hydrogen-bond donors (Lipinski definition) is 1. The summed E-state index contributed by atoms with van der Waals surface area (Å²) in [6.45, 7) is 2.03. The zero-order valence-corrected chi connectivity index (χ0v) is 5.54. The van der Waals surface area contributed by atoms with Crippen molar-refractivity contribution in [3.63, 3.8) is 0 Å². The molecule has 0 aromatic heterocycles. The first kappa shape index (κ1) is 6.49. The summed E-state index contributed by atoms with van der Waals surface area (Å²) < 4.78 is 0. The average molecular weight is 125 g/mol. The molecule has 0 amide bonds. The summed E-state index contributed by atoms with van der Waals surface area (Å²) in [6, 6.07) is 0. The van der Waals surface area contributed by atoms with Gasteiger partial charge in [0.2, 0.25) is 0 Å². The number of allylic oxidation sites excluding steroid dienone is 1. The van der Waals surface area contributed by atoms with Crippen LogP contribution in [-0.4, -0.2) is 17.0 Å². The third-order valence-electron chi connectivity index (χ3n) is 1.37. The van der Waals surface area contributed by atoms with E-state index in [1.165, 1.54) is 0 Å². The quantitative estimate of drug-likeness (QED) is 0.589. The molecule has 0 bridgehead atoms. The van der Waals surface area contributed by atoms with Crippen LogP contribution in [0.25, 0.3) is 0 Å². The fourth-order valence-corrected chi connectivity index (χ4v) is 0.928. The first-order valence-electron chi connectivity index (χ1n) is 3.22. The van der Waals surface area contributed by atoms with Crippen LogP contribution in [0, 0.1) is 0 Å². The fourth-order valence-electron chi connectivity index (χ4n) is 0.928. The van der Waals surface area contributed by atoms with Gasteiger partial charge in [-0.2, -0.15) is 0 Å². The van der Waals surface area contributed by atoms with E-state index >= 15 is 0 Å². The summed E-state index contributed by atoms with van der Waals surface area (Å²) in [6.07, 6.45) is 6.81. The number of rotatable bonds is 2. The fraction of sp³-hybridized carbons (Fsp3) is 0.571. The highest BCUT2D eigenvalue weighted by Crippen LogP contribution is 2.18. The molecule has 0 saturated carbocycles. The van der Waals surface area contributed by atoms with Crippen molar-refractivity contribution in [1.82, 2.24) is 0 Å². The van der Waals surface area contributed by atoms with Gasteiger partial charge in [0.05, 0.1) is 0 Å². The molecule has 50 valence electrons. The van der Waals surface area contributed by atoms with Gasteiger partial charge in [-0.1, -0.05) is 13.3 Å². The predicted octanol–water partition coefficient (Wildman–Crippen LogP) is 1.12. The molecule has 9 heavy (non-hydrogen) atoms. The lowest BCUT2D eigenvalue weighted by molar-refractivity contribution is 0.0939. The Hall–Kier alpha value is -0.630. The summed E-state index contributed by atoms with van der Waals surface area (Å²) in [5.74, 6) is 0. The van der Waals surface area contributed by atoms with Crippen molar-refractivity contribution in [2.75, 3.05) is 0 Å². The van der Waals surface area contributed by atoms with Gasteiger partial charge in [-0.15, -0.1) is 0 Å². The smallest absolute Gasteiger partial charge is 0.175 e. The Morgan fingerprint density at radius 2 is 2.44 bits per heavy atom. The van der Waals surface area contributed by atoms with Crippen LogP contribution in [0.15, 0.2) is 17.1 Å². The van der Waals surface area contributed by atoms with Crippen LogP contribution in [0.5, 0.6) is 0 Å². The van der Waals surface area contributed by atoms with Crippen molar-refractivity contribution < 1.29 is 5.11 Å². The topological polar surface area (TPSA) is 32.6 Å². The molecule has 0 saturated heterocycles. The summed E-state index contributed by atoms with van der Waals surface area (Å²) in [4.78, 5) is 3.88. The standard InChI is InChI=1S/C7H11NO/c1-2-4-7(9)5-3-6-8-7/h3,5-6,9H,2,4H2,1H3. The van der Waals surface area contributed by atoms with Gasteiger partial charge in [0, 0.05) is 12.6 Å². The van der Waals surface area contributed by atoms with Gasteiger partial charge in [0.1, 0.15) is 0 Å². The molecule has 2 nitrogen and oxygen atoms in total. The lowest BCUT2D eigenvalue weighted by Gasteiger charge is -2.14. The monoisotopic (exact) mass is 125 g/mol. The van der Waals surface area contributed by atoms with Crippen LogP contribution in [0.3, 0.4) is 0 Å². The molecular formula is C7H11NO. The Morgan fingerprint density at radius 3 is 2.89 bits per heavy atom. The molecule has 1 aliphatic heterocycles. The highest BCUT2D eigenvalue weighted by atomic mass is 16.3. The van der Waals surface area contributed by atoms with E-state index in [-0.39, 0.29) is 0 Å². The molecule has 1 aliphatic rings. The Kier molecular flexibility index (Phi) is 1.67. The van der Waals surface area contributed by atoms with Crippen molar-refractivity contribution in [2.45, 2.75) is 25.5 Å². The zero-order valence-electron chi connectivity index (χ0n) is 5.54. The molecule has 1 N–H and O–H groups in total. The molecule has 1 rings (SSSR count). The minimum Gasteiger partial charge on any atom is -0.366 e. The second-order valence-electron chi connectivity index (χ2n) is 2.27. The Morgan fingerprint density at radius 1 is 1.67 bits per heavy atom. The zero-order chi connectivity index (χ0) is 6.74. The largest absolute Gasteiger partial charge is 0.366 e. The van der Waals surface area contributed by atoms with E-state index in [0.717, 1.165) is 12.8 Å². The van der Waals surface area contributed by atoms with Gasteiger partial charge in [-0.3, -0.25) is 4.99 Å². The lowest BCUT2D eigenvalue weighted by Crippen LogP contribution is -2.19. The van der Waals surface area contributed by atoms with E-state index in [1.807, 2.05) is 6.92 Å². The Labute approximate surface area is 54.9 Å². The molecule has 0 fully saturated rings. The third-order valence-corrected chi connectivity index (χ3v) is 1.37. The van der Waals surface area contributed by atoms with Crippen LogP contribution in [0.1, 0.15) is 19.8 Å². The van der Waals surface area contributed by atoms with Gasteiger partial charge in [0.25, 0.3) is 0 Å². The maximum atomic E-state index is 9.41. The van der Waals surface area contributed by atoms with E-state index in [0.29, 0.717) is 0 Å². The summed E-state index contributed by atoms with van der Waals surface area (Å²) >= 11 is 0. The normalized spacial score (nSPS) is 31.8. The minimum atomic E-state index is -0.866. The van der Waals surface area contributed by atoms with Gasteiger partial charge in [-0.25, -0.2) is 0 Å². The Bertz CT molecular complexity index is 137. The maximum Gasteiger partial charge on any atom is 0.175 e.